The molecule has 0 unspecified atom stereocenters. The number of carbonyl (C=O) groups excluding carboxylic acids is 2. The highest BCUT2D eigenvalue weighted by Crippen LogP contribution is 2.33. The van der Waals surface area contributed by atoms with Crippen molar-refractivity contribution in [3.05, 3.63) is 102 Å². The SMILES string of the molecule is O=C1S[C@H](Cc2ccccc2OCc2ccccc2)C(=O)N1Cc1ccccc1. The van der Waals surface area contributed by atoms with E-state index in [9.17, 15) is 9.59 Å². The smallest absolute Gasteiger partial charge is 0.289 e. The molecule has 0 aliphatic carbocycles. The fourth-order valence-electron chi connectivity index (χ4n) is 3.29. The zero-order valence-electron chi connectivity index (χ0n) is 15.9. The molecule has 3 aromatic rings. The largest absolute Gasteiger partial charge is 0.489 e. The highest BCUT2D eigenvalue weighted by atomic mass is 32.2. The Balaban J connectivity index is 1.44. The second-order valence-electron chi connectivity index (χ2n) is 6.87. The maximum absolute atomic E-state index is 12.9. The van der Waals surface area contributed by atoms with E-state index < -0.39 is 5.25 Å². The molecule has 0 radical (unpaired) electrons. The number of imide groups is 1. The summed E-state index contributed by atoms with van der Waals surface area (Å²) in [6, 6.07) is 27.2. The van der Waals surface area contributed by atoms with Crippen LogP contribution in [0.25, 0.3) is 0 Å². The molecule has 4 nitrogen and oxygen atoms in total. The standard InChI is InChI=1S/C24H21NO3S/c26-23-22(29-24(27)25(23)16-18-9-3-1-4-10-18)15-20-13-7-8-14-21(20)28-17-19-11-5-2-6-12-19/h1-14,22H,15-17H2/t22-/m1/s1. The third-order valence-corrected chi connectivity index (χ3v) is 5.88. The van der Waals surface area contributed by atoms with Crippen molar-refractivity contribution < 1.29 is 14.3 Å². The average molecular weight is 404 g/mol. The van der Waals surface area contributed by atoms with Gasteiger partial charge in [0.15, 0.2) is 0 Å². The molecule has 2 amide bonds. The van der Waals surface area contributed by atoms with Crippen molar-refractivity contribution in [1.82, 2.24) is 4.90 Å². The molecule has 3 aromatic carbocycles. The van der Waals surface area contributed by atoms with Crippen LogP contribution in [-0.4, -0.2) is 21.3 Å². The van der Waals surface area contributed by atoms with Gasteiger partial charge in [0.05, 0.1) is 11.8 Å². The summed E-state index contributed by atoms with van der Waals surface area (Å²) < 4.78 is 6.00. The van der Waals surface area contributed by atoms with E-state index in [1.54, 1.807) is 0 Å². The lowest BCUT2D eigenvalue weighted by molar-refractivity contribution is -0.127. The van der Waals surface area contributed by atoms with Crippen LogP contribution in [0.4, 0.5) is 4.79 Å². The fraction of sp³-hybridized carbons (Fsp3) is 0.167. The minimum absolute atomic E-state index is 0.137. The molecule has 0 aromatic heterocycles. The molecule has 146 valence electrons. The first-order chi connectivity index (χ1) is 14.2. The molecule has 1 fully saturated rings. The van der Waals surface area contributed by atoms with E-state index in [0.29, 0.717) is 19.6 Å². The Hall–Kier alpha value is -3.05. The summed E-state index contributed by atoms with van der Waals surface area (Å²) >= 11 is 1.10. The molecule has 1 saturated heterocycles. The normalized spacial score (nSPS) is 16.3. The van der Waals surface area contributed by atoms with Gasteiger partial charge in [-0.15, -0.1) is 0 Å². The molecule has 1 aliphatic rings. The monoisotopic (exact) mass is 403 g/mol. The predicted molar refractivity (Wildman–Crippen MR) is 115 cm³/mol. The van der Waals surface area contributed by atoms with Crippen molar-refractivity contribution in [2.75, 3.05) is 0 Å². The number of hydrogen-bond acceptors (Lipinski definition) is 4. The maximum Gasteiger partial charge on any atom is 0.289 e. The first kappa shape index (κ1) is 19.3. The first-order valence-corrected chi connectivity index (χ1v) is 10.4. The molecule has 0 bridgehead atoms. The molecule has 1 atom stereocenters. The highest BCUT2D eigenvalue weighted by molar-refractivity contribution is 8.15. The van der Waals surface area contributed by atoms with Crippen LogP contribution in [0.15, 0.2) is 84.9 Å². The molecular formula is C24H21NO3S. The zero-order chi connectivity index (χ0) is 20.1. The van der Waals surface area contributed by atoms with Crippen molar-refractivity contribution >= 4 is 22.9 Å². The minimum Gasteiger partial charge on any atom is -0.489 e. The van der Waals surface area contributed by atoms with E-state index in [2.05, 4.69) is 0 Å². The van der Waals surface area contributed by atoms with Crippen molar-refractivity contribution in [3.8, 4) is 5.75 Å². The molecular weight excluding hydrogens is 382 g/mol. The summed E-state index contributed by atoms with van der Waals surface area (Å²) in [5.74, 6) is 0.612. The molecule has 29 heavy (non-hydrogen) atoms. The zero-order valence-corrected chi connectivity index (χ0v) is 16.7. The average Bonchev–Trinajstić information content (AvgIpc) is 3.02. The third kappa shape index (κ3) is 4.69. The van der Waals surface area contributed by atoms with Gasteiger partial charge in [0, 0.05) is 0 Å². The lowest BCUT2D eigenvalue weighted by Gasteiger charge is -2.15. The van der Waals surface area contributed by atoms with Crippen LogP contribution in [0.2, 0.25) is 0 Å². The number of para-hydroxylation sites is 1. The van der Waals surface area contributed by atoms with E-state index in [-0.39, 0.29) is 11.1 Å². The van der Waals surface area contributed by atoms with Crippen LogP contribution in [0, 0.1) is 0 Å². The number of nitrogens with zero attached hydrogens (tertiary/aromatic N) is 1. The Morgan fingerprint density at radius 3 is 2.14 bits per heavy atom. The van der Waals surface area contributed by atoms with Gasteiger partial charge >= 0.3 is 0 Å². The van der Waals surface area contributed by atoms with Gasteiger partial charge in [-0.1, -0.05) is 90.6 Å². The van der Waals surface area contributed by atoms with Crippen LogP contribution in [0.3, 0.4) is 0 Å². The predicted octanol–water partition coefficient (Wildman–Crippen LogP) is 5.07. The lowest BCUT2D eigenvalue weighted by Crippen LogP contribution is -2.31. The van der Waals surface area contributed by atoms with Crippen LogP contribution in [0.1, 0.15) is 16.7 Å². The summed E-state index contributed by atoms with van der Waals surface area (Å²) in [6.45, 7) is 0.775. The van der Waals surface area contributed by atoms with Crippen molar-refractivity contribution in [2.24, 2.45) is 0 Å². The quantitative estimate of drug-likeness (QED) is 0.552. The summed E-state index contributed by atoms with van der Waals surface area (Å²) in [7, 11) is 0. The van der Waals surface area contributed by atoms with Crippen LogP contribution in [-0.2, 0) is 24.4 Å². The molecule has 0 saturated carbocycles. The van der Waals surface area contributed by atoms with Gasteiger partial charge in [0.2, 0.25) is 5.91 Å². The fourth-order valence-corrected chi connectivity index (χ4v) is 4.30. The van der Waals surface area contributed by atoms with Gasteiger partial charge in [-0.05, 0) is 29.2 Å². The Morgan fingerprint density at radius 2 is 1.41 bits per heavy atom. The number of carbonyl (C=O) groups is 2. The van der Waals surface area contributed by atoms with E-state index in [1.165, 1.54) is 4.90 Å². The Kier molecular flexibility index (Phi) is 5.96. The van der Waals surface area contributed by atoms with Gasteiger partial charge in [0.25, 0.3) is 5.24 Å². The van der Waals surface area contributed by atoms with E-state index in [4.69, 9.17) is 4.74 Å². The maximum atomic E-state index is 12.9. The van der Waals surface area contributed by atoms with E-state index in [1.807, 2.05) is 84.9 Å². The molecule has 0 N–H and O–H groups in total. The number of thioether (sulfide) groups is 1. The van der Waals surface area contributed by atoms with Gasteiger partial charge in [-0.3, -0.25) is 14.5 Å². The first-order valence-electron chi connectivity index (χ1n) is 9.51. The number of hydrogen-bond donors (Lipinski definition) is 0. The Labute approximate surface area is 174 Å². The molecule has 4 rings (SSSR count). The lowest BCUT2D eigenvalue weighted by atomic mass is 10.1. The molecule has 1 heterocycles. The Morgan fingerprint density at radius 1 is 0.793 bits per heavy atom. The van der Waals surface area contributed by atoms with Gasteiger partial charge in [0.1, 0.15) is 12.4 Å². The van der Waals surface area contributed by atoms with Crippen molar-refractivity contribution in [2.45, 2.75) is 24.8 Å². The Bertz CT molecular complexity index is 991. The third-order valence-electron chi connectivity index (χ3n) is 4.80. The van der Waals surface area contributed by atoms with Crippen LogP contribution >= 0.6 is 11.8 Å². The summed E-state index contributed by atoms with van der Waals surface area (Å²) in [5.41, 5.74) is 2.96. The van der Waals surface area contributed by atoms with Crippen molar-refractivity contribution in [3.63, 3.8) is 0 Å². The minimum atomic E-state index is -0.423. The topological polar surface area (TPSA) is 46.6 Å². The summed E-state index contributed by atoms with van der Waals surface area (Å²) in [5, 5.41) is -0.612. The second-order valence-corrected chi connectivity index (χ2v) is 8.02. The molecule has 1 aliphatic heterocycles. The van der Waals surface area contributed by atoms with Crippen molar-refractivity contribution in [1.29, 1.82) is 0 Å². The number of benzene rings is 3. The molecule has 0 spiro atoms. The van der Waals surface area contributed by atoms with E-state index in [0.717, 1.165) is 34.2 Å². The number of amides is 2. The summed E-state index contributed by atoms with van der Waals surface area (Å²) in [4.78, 5) is 26.6. The van der Waals surface area contributed by atoms with E-state index >= 15 is 0 Å². The van der Waals surface area contributed by atoms with Gasteiger partial charge < -0.3 is 4.74 Å². The highest BCUT2D eigenvalue weighted by Gasteiger charge is 2.39. The van der Waals surface area contributed by atoms with Crippen LogP contribution < -0.4 is 4.74 Å². The number of ether oxygens (including phenoxy) is 1. The second kappa shape index (κ2) is 8.97. The van der Waals surface area contributed by atoms with Gasteiger partial charge in [-0.2, -0.15) is 0 Å². The molecule has 5 heteroatoms. The summed E-state index contributed by atoms with van der Waals surface area (Å²) in [6.07, 6.45) is 0.464. The number of rotatable bonds is 7. The van der Waals surface area contributed by atoms with Crippen LogP contribution in [0.5, 0.6) is 5.75 Å². The van der Waals surface area contributed by atoms with Gasteiger partial charge in [-0.25, -0.2) is 0 Å².